The minimum absolute atomic E-state index is 0.0118. The molecule has 0 radical (unpaired) electrons. The summed E-state index contributed by atoms with van der Waals surface area (Å²) < 4.78 is 53.4. The average Bonchev–Trinajstić information content (AvgIpc) is 2.21. The third-order valence-electron chi connectivity index (χ3n) is 2.00. The maximum Gasteiger partial charge on any atom is 0.387 e. The van der Waals surface area contributed by atoms with E-state index in [1.807, 2.05) is 0 Å². The van der Waals surface area contributed by atoms with Gasteiger partial charge in [-0.25, -0.2) is 8.42 Å². The van der Waals surface area contributed by atoms with E-state index in [9.17, 15) is 17.2 Å². The van der Waals surface area contributed by atoms with Gasteiger partial charge in [-0.05, 0) is 31.5 Å². The highest BCUT2D eigenvalue weighted by molar-refractivity contribution is 7.92. The third-order valence-corrected chi connectivity index (χ3v) is 3.29. The van der Waals surface area contributed by atoms with Crippen LogP contribution in [0.15, 0.2) is 18.2 Å². The number of hydrogen-bond acceptors (Lipinski definition) is 3. The summed E-state index contributed by atoms with van der Waals surface area (Å²) in [4.78, 5) is 0. The van der Waals surface area contributed by atoms with E-state index >= 15 is 0 Å². The number of halogens is 2. The molecule has 1 aromatic rings. The van der Waals surface area contributed by atoms with E-state index in [4.69, 9.17) is 0 Å². The Hall–Kier alpha value is -1.37. The summed E-state index contributed by atoms with van der Waals surface area (Å²) in [6.07, 6.45) is 0. The topological polar surface area (TPSA) is 55.4 Å². The highest BCUT2D eigenvalue weighted by Gasteiger charge is 2.14. The molecule has 0 amide bonds. The molecular weight excluding hydrogens is 252 g/mol. The molecule has 4 nitrogen and oxygen atoms in total. The lowest BCUT2D eigenvalue weighted by Crippen LogP contribution is -2.16. The molecular formula is C10H13F2NO3S. The van der Waals surface area contributed by atoms with E-state index in [1.54, 1.807) is 13.0 Å². The maximum absolute atomic E-state index is 12.1. The Bertz CT molecular complexity index is 488. The Balaban J connectivity index is 3.06. The SMILES string of the molecule is CCS(=O)(=O)Nc1ccc(C)cc1OC(F)F. The van der Waals surface area contributed by atoms with Crippen molar-refractivity contribution in [2.75, 3.05) is 10.5 Å². The summed E-state index contributed by atoms with van der Waals surface area (Å²) in [5.41, 5.74) is 0.706. The molecule has 0 aromatic heterocycles. The standard InChI is InChI=1S/C10H13F2NO3S/c1-3-17(14,15)13-8-5-4-7(2)6-9(8)16-10(11)12/h4-6,10,13H,3H2,1-2H3. The van der Waals surface area contributed by atoms with E-state index in [1.165, 1.54) is 19.1 Å². The minimum Gasteiger partial charge on any atom is -0.433 e. The summed E-state index contributed by atoms with van der Waals surface area (Å²) in [5.74, 6) is -0.327. The van der Waals surface area contributed by atoms with Gasteiger partial charge in [-0.2, -0.15) is 8.78 Å². The molecule has 96 valence electrons. The van der Waals surface area contributed by atoms with Crippen molar-refractivity contribution in [3.8, 4) is 5.75 Å². The number of hydrogen-bond donors (Lipinski definition) is 1. The van der Waals surface area contributed by atoms with E-state index in [2.05, 4.69) is 9.46 Å². The number of alkyl halides is 2. The predicted molar refractivity (Wildman–Crippen MR) is 60.9 cm³/mol. The summed E-state index contributed by atoms with van der Waals surface area (Å²) in [6, 6.07) is 4.34. The number of ether oxygens (including phenoxy) is 1. The fourth-order valence-electron chi connectivity index (χ4n) is 1.15. The zero-order valence-electron chi connectivity index (χ0n) is 9.41. The maximum atomic E-state index is 12.1. The molecule has 0 aliphatic carbocycles. The van der Waals surface area contributed by atoms with Crippen LogP contribution in [0.25, 0.3) is 0 Å². The van der Waals surface area contributed by atoms with Crippen molar-refractivity contribution in [1.29, 1.82) is 0 Å². The smallest absolute Gasteiger partial charge is 0.387 e. The second-order valence-corrected chi connectivity index (χ2v) is 5.39. The van der Waals surface area contributed by atoms with E-state index in [-0.39, 0.29) is 17.2 Å². The van der Waals surface area contributed by atoms with Crippen molar-refractivity contribution in [3.05, 3.63) is 23.8 Å². The molecule has 0 bridgehead atoms. The summed E-state index contributed by atoms with van der Waals surface area (Å²) in [5, 5.41) is 0. The molecule has 0 saturated carbocycles. The minimum atomic E-state index is -3.52. The van der Waals surface area contributed by atoms with Gasteiger partial charge in [0, 0.05) is 0 Å². The van der Waals surface area contributed by atoms with Gasteiger partial charge in [0.15, 0.2) is 0 Å². The van der Waals surface area contributed by atoms with Crippen LogP contribution in [0.3, 0.4) is 0 Å². The normalized spacial score (nSPS) is 11.6. The molecule has 17 heavy (non-hydrogen) atoms. The van der Waals surface area contributed by atoms with Gasteiger partial charge < -0.3 is 4.74 Å². The van der Waals surface area contributed by atoms with Crippen LogP contribution in [0, 0.1) is 6.92 Å². The molecule has 1 aromatic carbocycles. The lowest BCUT2D eigenvalue weighted by molar-refractivity contribution is -0.0493. The van der Waals surface area contributed by atoms with Crippen LogP contribution in [0.1, 0.15) is 12.5 Å². The van der Waals surface area contributed by atoms with Crippen molar-refractivity contribution in [1.82, 2.24) is 0 Å². The molecule has 0 spiro atoms. The van der Waals surface area contributed by atoms with Gasteiger partial charge in [-0.1, -0.05) is 6.07 Å². The van der Waals surface area contributed by atoms with Gasteiger partial charge in [0.25, 0.3) is 0 Å². The van der Waals surface area contributed by atoms with Crippen LogP contribution >= 0.6 is 0 Å². The molecule has 0 aliphatic rings. The number of benzene rings is 1. The fraction of sp³-hybridized carbons (Fsp3) is 0.400. The Morgan fingerprint density at radius 1 is 1.41 bits per heavy atom. The van der Waals surface area contributed by atoms with E-state index in [0.717, 1.165) is 0 Å². The third kappa shape index (κ3) is 4.18. The first-order valence-electron chi connectivity index (χ1n) is 4.90. The largest absolute Gasteiger partial charge is 0.433 e. The van der Waals surface area contributed by atoms with Crippen molar-refractivity contribution >= 4 is 15.7 Å². The van der Waals surface area contributed by atoms with E-state index in [0.29, 0.717) is 5.56 Å². The molecule has 1 rings (SSSR count). The number of rotatable bonds is 5. The molecule has 0 aliphatic heterocycles. The Morgan fingerprint density at radius 3 is 2.59 bits per heavy atom. The summed E-state index contributed by atoms with van der Waals surface area (Å²) in [7, 11) is -3.52. The second-order valence-electron chi connectivity index (χ2n) is 3.38. The number of aryl methyl sites for hydroxylation is 1. The van der Waals surface area contributed by atoms with Gasteiger partial charge in [0.05, 0.1) is 11.4 Å². The van der Waals surface area contributed by atoms with E-state index < -0.39 is 16.6 Å². The van der Waals surface area contributed by atoms with Crippen LogP contribution in [-0.4, -0.2) is 20.8 Å². The van der Waals surface area contributed by atoms with Crippen LogP contribution in [0.2, 0.25) is 0 Å². The molecule has 1 N–H and O–H groups in total. The van der Waals surface area contributed by atoms with Crippen molar-refractivity contribution in [2.45, 2.75) is 20.5 Å². The number of anilines is 1. The zero-order chi connectivity index (χ0) is 13.1. The van der Waals surface area contributed by atoms with Crippen LogP contribution < -0.4 is 9.46 Å². The van der Waals surface area contributed by atoms with Gasteiger partial charge in [0.2, 0.25) is 10.0 Å². The van der Waals surface area contributed by atoms with Crippen molar-refractivity contribution in [3.63, 3.8) is 0 Å². The van der Waals surface area contributed by atoms with Crippen LogP contribution in [0.4, 0.5) is 14.5 Å². The lowest BCUT2D eigenvalue weighted by Gasteiger charge is -2.13. The molecule has 0 saturated heterocycles. The molecule has 0 fully saturated rings. The first-order chi connectivity index (χ1) is 7.84. The van der Waals surface area contributed by atoms with Crippen molar-refractivity contribution in [2.24, 2.45) is 0 Å². The van der Waals surface area contributed by atoms with Gasteiger partial charge in [-0.15, -0.1) is 0 Å². The van der Waals surface area contributed by atoms with Crippen LogP contribution in [-0.2, 0) is 10.0 Å². The highest BCUT2D eigenvalue weighted by atomic mass is 32.2. The number of sulfonamides is 1. The summed E-state index contributed by atoms with van der Waals surface area (Å²) >= 11 is 0. The molecule has 7 heteroatoms. The summed E-state index contributed by atoms with van der Waals surface area (Å²) in [6.45, 7) is 0.141. The number of nitrogens with one attached hydrogen (secondary N) is 1. The highest BCUT2D eigenvalue weighted by Crippen LogP contribution is 2.28. The first-order valence-corrected chi connectivity index (χ1v) is 6.55. The van der Waals surface area contributed by atoms with Crippen LogP contribution in [0.5, 0.6) is 5.75 Å². The van der Waals surface area contributed by atoms with Gasteiger partial charge in [-0.3, -0.25) is 4.72 Å². The second kappa shape index (κ2) is 5.31. The molecule has 0 atom stereocenters. The zero-order valence-corrected chi connectivity index (χ0v) is 10.2. The fourth-order valence-corrected chi connectivity index (χ4v) is 1.80. The average molecular weight is 265 g/mol. The quantitative estimate of drug-likeness (QED) is 0.889. The Labute approximate surface area is 98.6 Å². The van der Waals surface area contributed by atoms with Gasteiger partial charge in [0.1, 0.15) is 5.75 Å². The molecule has 0 unspecified atom stereocenters. The molecule has 0 heterocycles. The predicted octanol–water partition coefficient (Wildman–Crippen LogP) is 2.36. The first kappa shape index (κ1) is 13.7. The monoisotopic (exact) mass is 265 g/mol. The Morgan fingerprint density at radius 2 is 2.06 bits per heavy atom. The Kier molecular flexibility index (Phi) is 4.28. The van der Waals surface area contributed by atoms with Gasteiger partial charge >= 0.3 is 6.61 Å². The van der Waals surface area contributed by atoms with Crippen molar-refractivity contribution < 1.29 is 21.9 Å². The lowest BCUT2D eigenvalue weighted by atomic mass is 10.2.